The second-order valence-electron chi connectivity index (χ2n) is 4.07. The highest BCUT2D eigenvalue weighted by atomic mass is 16.5. The molecule has 1 aliphatic heterocycles. The minimum Gasteiger partial charge on any atom is -0.489 e. The highest BCUT2D eigenvalue weighted by Gasteiger charge is 2.17. The molecule has 0 amide bonds. The number of ether oxygens (including phenoxy) is 3. The molecular weight excluding hydrogens is 236 g/mol. The summed E-state index contributed by atoms with van der Waals surface area (Å²) in [5.74, 6) is 7.08. The van der Waals surface area contributed by atoms with Crippen molar-refractivity contribution in [1.29, 1.82) is 0 Å². The molecule has 7 heteroatoms. The van der Waals surface area contributed by atoms with Crippen LogP contribution in [-0.4, -0.2) is 36.9 Å². The van der Waals surface area contributed by atoms with Crippen LogP contribution < -0.4 is 20.7 Å². The molecule has 1 aromatic rings. The molecule has 1 saturated heterocycles. The van der Waals surface area contributed by atoms with Crippen molar-refractivity contribution in [2.45, 2.75) is 12.8 Å². The van der Waals surface area contributed by atoms with E-state index in [0.29, 0.717) is 30.0 Å². The first-order valence-electron chi connectivity index (χ1n) is 5.91. The fraction of sp³-hybridized carbons (Fsp3) is 0.636. The molecule has 7 nitrogen and oxygen atoms in total. The zero-order valence-corrected chi connectivity index (χ0v) is 10.4. The number of nitrogens with two attached hydrogens (primary N) is 1. The van der Waals surface area contributed by atoms with Crippen LogP contribution in [0.2, 0.25) is 0 Å². The van der Waals surface area contributed by atoms with Gasteiger partial charge in [0.25, 0.3) is 5.88 Å². The second kappa shape index (κ2) is 6.36. The lowest BCUT2D eigenvalue weighted by atomic mass is 10.0. The Balaban J connectivity index is 1.99. The number of anilines is 1. The highest BCUT2D eigenvalue weighted by Crippen LogP contribution is 2.30. The molecular formula is C11H18N4O3. The van der Waals surface area contributed by atoms with Crippen LogP contribution >= 0.6 is 0 Å². The molecule has 0 aromatic carbocycles. The van der Waals surface area contributed by atoms with E-state index in [9.17, 15) is 0 Å². The summed E-state index contributed by atoms with van der Waals surface area (Å²) in [5.41, 5.74) is 2.45. The van der Waals surface area contributed by atoms with Crippen molar-refractivity contribution in [2.75, 3.05) is 32.4 Å². The van der Waals surface area contributed by atoms with Gasteiger partial charge in [-0.15, -0.1) is 0 Å². The van der Waals surface area contributed by atoms with Gasteiger partial charge >= 0.3 is 0 Å². The third-order valence-electron chi connectivity index (χ3n) is 2.91. The molecule has 1 fully saturated rings. The van der Waals surface area contributed by atoms with Gasteiger partial charge in [0.1, 0.15) is 6.33 Å². The van der Waals surface area contributed by atoms with E-state index in [0.717, 1.165) is 26.1 Å². The summed E-state index contributed by atoms with van der Waals surface area (Å²) < 4.78 is 16.2. The Morgan fingerprint density at radius 1 is 1.44 bits per heavy atom. The van der Waals surface area contributed by atoms with Gasteiger partial charge in [-0.3, -0.25) is 0 Å². The Bertz CT molecular complexity index is 383. The van der Waals surface area contributed by atoms with Crippen molar-refractivity contribution < 1.29 is 14.2 Å². The summed E-state index contributed by atoms with van der Waals surface area (Å²) in [5, 5.41) is 0. The number of nitrogens with zero attached hydrogens (tertiary/aromatic N) is 2. The van der Waals surface area contributed by atoms with E-state index >= 15 is 0 Å². The molecule has 18 heavy (non-hydrogen) atoms. The number of hydrogen-bond acceptors (Lipinski definition) is 7. The van der Waals surface area contributed by atoms with Crippen molar-refractivity contribution in [3.8, 4) is 11.6 Å². The zero-order valence-electron chi connectivity index (χ0n) is 10.4. The monoisotopic (exact) mass is 254 g/mol. The minimum atomic E-state index is 0.409. The normalized spacial score (nSPS) is 16.3. The molecule has 0 atom stereocenters. The van der Waals surface area contributed by atoms with E-state index < -0.39 is 0 Å². The molecule has 2 heterocycles. The van der Waals surface area contributed by atoms with Gasteiger partial charge in [-0.1, -0.05) is 0 Å². The van der Waals surface area contributed by atoms with Gasteiger partial charge < -0.3 is 19.6 Å². The smallest absolute Gasteiger partial charge is 0.262 e. The highest BCUT2D eigenvalue weighted by molar-refractivity contribution is 5.54. The summed E-state index contributed by atoms with van der Waals surface area (Å²) in [7, 11) is 1.53. The zero-order chi connectivity index (χ0) is 12.8. The fourth-order valence-corrected chi connectivity index (χ4v) is 1.86. The van der Waals surface area contributed by atoms with Crippen molar-refractivity contribution in [3.63, 3.8) is 0 Å². The number of nitrogens with one attached hydrogen (secondary N) is 1. The van der Waals surface area contributed by atoms with Crippen molar-refractivity contribution >= 4 is 5.82 Å². The molecule has 1 aromatic heterocycles. The number of nitrogen functional groups attached to an aromatic ring is 1. The van der Waals surface area contributed by atoms with Crippen molar-refractivity contribution in [2.24, 2.45) is 11.8 Å². The predicted octanol–water partition coefficient (Wildman–Crippen LogP) is 0.576. The van der Waals surface area contributed by atoms with E-state index in [1.165, 1.54) is 13.4 Å². The van der Waals surface area contributed by atoms with Gasteiger partial charge in [0, 0.05) is 13.2 Å². The van der Waals surface area contributed by atoms with Crippen LogP contribution in [0.25, 0.3) is 0 Å². The molecule has 3 N–H and O–H groups in total. The van der Waals surface area contributed by atoms with E-state index in [1.54, 1.807) is 0 Å². The van der Waals surface area contributed by atoms with Crippen LogP contribution in [-0.2, 0) is 4.74 Å². The molecule has 0 radical (unpaired) electrons. The molecule has 0 spiro atoms. The lowest BCUT2D eigenvalue weighted by Gasteiger charge is -2.22. The number of rotatable bonds is 5. The summed E-state index contributed by atoms with van der Waals surface area (Å²) in [6, 6.07) is 0. The molecule has 2 rings (SSSR count). The Labute approximate surface area is 106 Å². The summed E-state index contributed by atoms with van der Waals surface area (Å²) in [6.45, 7) is 2.19. The van der Waals surface area contributed by atoms with Gasteiger partial charge in [-0.25, -0.2) is 10.8 Å². The fourth-order valence-electron chi connectivity index (χ4n) is 1.86. The molecule has 0 unspecified atom stereocenters. The van der Waals surface area contributed by atoms with Crippen LogP contribution in [0.5, 0.6) is 11.6 Å². The molecule has 0 saturated carbocycles. The molecule has 0 aliphatic carbocycles. The van der Waals surface area contributed by atoms with E-state index in [4.69, 9.17) is 20.1 Å². The maximum absolute atomic E-state index is 5.68. The third kappa shape index (κ3) is 2.99. The first-order chi connectivity index (χ1) is 8.85. The molecule has 100 valence electrons. The Morgan fingerprint density at radius 3 is 2.89 bits per heavy atom. The lowest BCUT2D eigenvalue weighted by Crippen LogP contribution is -2.22. The number of hydrogen-bond donors (Lipinski definition) is 2. The first-order valence-corrected chi connectivity index (χ1v) is 5.91. The summed E-state index contributed by atoms with van der Waals surface area (Å²) >= 11 is 0. The largest absolute Gasteiger partial charge is 0.489 e. The molecule has 0 bridgehead atoms. The van der Waals surface area contributed by atoms with Crippen molar-refractivity contribution in [1.82, 2.24) is 9.97 Å². The average Bonchev–Trinajstić information content (AvgIpc) is 2.45. The Kier molecular flexibility index (Phi) is 4.54. The molecule has 1 aliphatic rings. The Hall–Kier alpha value is -1.60. The van der Waals surface area contributed by atoms with Gasteiger partial charge in [-0.05, 0) is 18.8 Å². The SMILES string of the molecule is COc1c(NN)ncnc1OCC1CCOCC1. The van der Waals surface area contributed by atoms with Crippen LogP contribution in [0.4, 0.5) is 5.82 Å². The number of methoxy groups -OCH3 is 1. The van der Waals surface area contributed by atoms with Crippen LogP contribution in [0.1, 0.15) is 12.8 Å². The van der Waals surface area contributed by atoms with E-state index in [2.05, 4.69) is 15.4 Å². The summed E-state index contributed by atoms with van der Waals surface area (Å²) in [4.78, 5) is 8.01. The quantitative estimate of drug-likeness (QED) is 0.586. The predicted molar refractivity (Wildman–Crippen MR) is 65.4 cm³/mol. The van der Waals surface area contributed by atoms with Gasteiger partial charge in [0.05, 0.1) is 13.7 Å². The minimum absolute atomic E-state index is 0.409. The van der Waals surface area contributed by atoms with Gasteiger partial charge in [0.15, 0.2) is 5.82 Å². The number of hydrazine groups is 1. The van der Waals surface area contributed by atoms with Crippen LogP contribution in [0, 0.1) is 5.92 Å². The van der Waals surface area contributed by atoms with Crippen LogP contribution in [0.15, 0.2) is 6.33 Å². The lowest BCUT2D eigenvalue weighted by molar-refractivity contribution is 0.0485. The van der Waals surface area contributed by atoms with E-state index in [1.807, 2.05) is 0 Å². The maximum Gasteiger partial charge on any atom is 0.262 e. The van der Waals surface area contributed by atoms with E-state index in [-0.39, 0.29) is 0 Å². The first kappa shape index (κ1) is 12.8. The van der Waals surface area contributed by atoms with Crippen LogP contribution in [0.3, 0.4) is 0 Å². The topological polar surface area (TPSA) is 91.5 Å². The van der Waals surface area contributed by atoms with Gasteiger partial charge in [-0.2, -0.15) is 4.98 Å². The van der Waals surface area contributed by atoms with Gasteiger partial charge in [0.2, 0.25) is 5.75 Å². The maximum atomic E-state index is 5.68. The average molecular weight is 254 g/mol. The third-order valence-corrected chi connectivity index (χ3v) is 2.91. The standard InChI is InChI=1S/C11H18N4O3/c1-16-9-10(15-12)13-7-14-11(9)18-6-8-2-4-17-5-3-8/h7-8H,2-6,12H2,1H3,(H,13,14,15). The Morgan fingerprint density at radius 2 is 2.22 bits per heavy atom. The second-order valence-corrected chi connectivity index (χ2v) is 4.07. The van der Waals surface area contributed by atoms with Crippen molar-refractivity contribution in [3.05, 3.63) is 6.33 Å². The number of aromatic nitrogens is 2. The summed E-state index contributed by atoms with van der Waals surface area (Å²) in [6.07, 6.45) is 3.40.